The molecule has 184 valence electrons. The Morgan fingerprint density at radius 1 is 1.11 bits per heavy atom. The van der Waals surface area contributed by atoms with Crippen molar-refractivity contribution in [2.75, 3.05) is 25.7 Å². The van der Waals surface area contributed by atoms with Crippen LogP contribution in [0.2, 0.25) is 0 Å². The molecule has 0 spiro atoms. The van der Waals surface area contributed by atoms with Crippen LogP contribution in [-0.4, -0.2) is 55.9 Å². The lowest BCUT2D eigenvalue weighted by molar-refractivity contribution is -0.144. The molecule has 0 radical (unpaired) electrons. The van der Waals surface area contributed by atoms with Crippen molar-refractivity contribution in [2.24, 2.45) is 0 Å². The summed E-state index contributed by atoms with van der Waals surface area (Å²) >= 11 is 0. The molecule has 2 aromatic carbocycles. The summed E-state index contributed by atoms with van der Waals surface area (Å²) in [5, 5.41) is 12.1. The summed E-state index contributed by atoms with van der Waals surface area (Å²) in [6, 6.07) is 12.8. The minimum Gasteiger partial charge on any atom is -0.478 e. The zero-order chi connectivity index (χ0) is 25.8. The van der Waals surface area contributed by atoms with Crippen molar-refractivity contribution >= 4 is 29.6 Å². The molecular weight excluding hydrogens is 452 g/mol. The van der Waals surface area contributed by atoms with E-state index < -0.39 is 35.4 Å². The second kappa shape index (κ2) is 10.4. The van der Waals surface area contributed by atoms with Crippen molar-refractivity contribution in [3.05, 3.63) is 77.4 Å². The molecule has 35 heavy (non-hydrogen) atoms. The van der Waals surface area contributed by atoms with Gasteiger partial charge in [-0.1, -0.05) is 43.8 Å². The zero-order valence-corrected chi connectivity index (χ0v) is 19.9. The molecule has 0 aliphatic carbocycles. The minimum absolute atomic E-state index is 0.0605. The quantitative estimate of drug-likeness (QED) is 0.440. The van der Waals surface area contributed by atoms with Gasteiger partial charge in [-0.3, -0.25) is 9.69 Å². The number of carbonyl (C=O) groups excluding carboxylic acids is 3. The number of aromatic carboxylic acids is 1. The van der Waals surface area contributed by atoms with Crippen LogP contribution in [0.5, 0.6) is 0 Å². The van der Waals surface area contributed by atoms with Gasteiger partial charge in [-0.15, -0.1) is 0 Å². The Morgan fingerprint density at radius 2 is 1.80 bits per heavy atom. The van der Waals surface area contributed by atoms with Crippen LogP contribution in [0, 0.1) is 0 Å². The van der Waals surface area contributed by atoms with Crippen molar-refractivity contribution in [2.45, 2.75) is 31.2 Å². The van der Waals surface area contributed by atoms with Gasteiger partial charge < -0.3 is 19.9 Å². The fourth-order valence-corrected chi connectivity index (χ4v) is 4.33. The van der Waals surface area contributed by atoms with Crippen LogP contribution < -0.4 is 10.2 Å². The van der Waals surface area contributed by atoms with Gasteiger partial charge in [0.25, 0.3) is 0 Å². The van der Waals surface area contributed by atoms with Crippen LogP contribution in [0.3, 0.4) is 0 Å². The first-order chi connectivity index (χ1) is 16.6. The number of anilines is 1. The molecule has 1 aliphatic heterocycles. The third kappa shape index (κ3) is 5.51. The summed E-state index contributed by atoms with van der Waals surface area (Å²) in [6.45, 7) is 5.90. The smallest absolute Gasteiger partial charge is 0.414 e. The van der Waals surface area contributed by atoms with Crippen molar-refractivity contribution in [1.82, 2.24) is 5.32 Å². The maximum absolute atomic E-state index is 13.0. The average molecular weight is 481 g/mol. The summed E-state index contributed by atoms with van der Waals surface area (Å²) < 4.78 is 9.74. The van der Waals surface area contributed by atoms with Gasteiger partial charge in [0.05, 0.1) is 25.5 Å². The summed E-state index contributed by atoms with van der Waals surface area (Å²) in [5.41, 5.74) is 1.36. The molecule has 2 aromatic rings. The minimum atomic E-state index is -1.11. The van der Waals surface area contributed by atoms with E-state index >= 15 is 0 Å². The second-order valence-corrected chi connectivity index (χ2v) is 8.67. The number of benzene rings is 2. The molecule has 2 amide bonds. The number of methoxy groups -OCH3 is 2. The third-order valence-corrected chi connectivity index (χ3v) is 6.08. The summed E-state index contributed by atoms with van der Waals surface area (Å²) in [5.74, 6) is -2.23. The molecule has 0 bridgehead atoms. The second-order valence-electron chi connectivity index (χ2n) is 8.67. The highest BCUT2D eigenvalue weighted by Gasteiger charge is 2.43. The maximum Gasteiger partial charge on any atom is 0.414 e. The molecule has 2 atom stereocenters. The Morgan fingerprint density at radius 3 is 2.40 bits per heavy atom. The van der Waals surface area contributed by atoms with Crippen molar-refractivity contribution in [3.8, 4) is 0 Å². The van der Waals surface area contributed by atoms with E-state index in [1.807, 2.05) is 37.3 Å². The van der Waals surface area contributed by atoms with Gasteiger partial charge in [0.1, 0.15) is 6.04 Å². The van der Waals surface area contributed by atoms with Crippen molar-refractivity contribution in [1.29, 1.82) is 0 Å². The van der Waals surface area contributed by atoms with E-state index in [1.165, 1.54) is 31.3 Å². The number of esters is 1. The molecule has 0 aromatic heterocycles. The molecule has 9 heteroatoms. The van der Waals surface area contributed by atoms with Crippen LogP contribution in [0.15, 0.2) is 60.7 Å². The van der Waals surface area contributed by atoms with E-state index in [1.54, 1.807) is 6.07 Å². The predicted molar refractivity (Wildman–Crippen MR) is 128 cm³/mol. The molecule has 1 heterocycles. The topological polar surface area (TPSA) is 122 Å². The SMILES string of the molecule is C=C(CC1(C)CN(C(=O)OC)c2ccc(C(=O)O)cc21)C(=O)NC(Cc1ccccc1)C(=O)OC. The number of nitrogens with zero attached hydrogens (tertiary/aromatic N) is 1. The zero-order valence-electron chi connectivity index (χ0n) is 19.9. The number of hydrogen-bond acceptors (Lipinski definition) is 6. The highest BCUT2D eigenvalue weighted by molar-refractivity contribution is 5.97. The van der Waals surface area contributed by atoms with Crippen LogP contribution in [0.25, 0.3) is 0 Å². The lowest BCUT2D eigenvalue weighted by atomic mass is 9.78. The number of carboxylic acid groups (broad SMARTS) is 1. The monoisotopic (exact) mass is 480 g/mol. The fourth-order valence-electron chi connectivity index (χ4n) is 4.33. The molecule has 1 aliphatic rings. The van der Waals surface area contributed by atoms with E-state index in [0.29, 0.717) is 11.3 Å². The lowest BCUT2D eigenvalue weighted by Gasteiger charge is -2.27. The van der Waals surface area contributed by atoms with Gasteiger partial charge in [-0.05, 0) is 35.7 Å². The molecule has 2 N–H and O–H groups in total. The largest absolute Gasteiger partial charge is 0.478 e. The van der Waals surface area contributed by atoms with Gasteiger partial charge >= 0.3 is 18.0 Å². The van der Waals surface area contributed by atoms with Crippen molar-refractivity contribution < 1.29 is 33.8 Å². The molecule has 0 fully saturated rings. The van der Waals surface area contributed by atoms with Gasteiger partial charge in [-0.25, -0.2) is 14.4 Å². The molecule has 0 saturated heterocycles. The third-order valence-electron chi connectivity index (χ3n) is 6.08. The van der Waals surface area contributed by atoms with E-state index in [2.05, 4.69) is 11.9 Å². The molecule has 9 nitrogen and oxygen atoms in total. The average Bonchev–Trinajstić information content (AvgIpc) is 3.14. The Labute approximate surface area is 203 Å². The molecule has 2 unspecified atom stereocenters. The summed E-state index contributed by atoms with van der Waals surface area (Å²) in [4.78, 5) is 50.7. The predicted octanol–water partition coefficient (Wildman–Crippen LogP) is 3.08. The molecular formula is C26H28N2O7. The van der Waals surface area contributed by atoms with Crippen LogP contribution in [-0.2, 0) is 30.9 Å². The Balaban J connectivity index is 1.83. The van der Waals surface area contributed by atoms with Gasteiger partial charge in [0, 0.05) is 24.0 Å². The van der Waals surface area contributed by atoms with E-state index in [-0.39, 0.29) is 30.5 Å². The number of amides is 2. The number of hydrogen-bond donors (Lipinski definition) is 2. The standard InChI is InChI=1S/C26H28N2O7/c1-16(22(29)27-20(24(32)34-3)12-17-8-6-5-7-9-17)14-26(2)15-28(25(33)35-4)21-11-10-18(23(30)31)13-19(21)26/h5-11,13,20H,1,12,14-15H2,2-4H3,(H,27,29)(H,30,31). The first kappa shape index (κ1) is 25.5. The maximum atomic E-state index is 13.0. The van der Waals surface area contributed by atoms with E-state index in [9.17, 15) is 24.3 Å². The Bertz CT molecular complexity index is 1160. The number of carboxylic acids is 1. The number of nitrogens with one attached hydrogen (secondary N) is 1. The Kier molecular flexibility index (Phi) is 7.58. The summed E-state index contributed by atoms with van der Waals surface area (Å²) in [7, 11) is 2.51. The number of rotatable bonds is 8. The number of carbonyl (C=O) groups is 4. The van der Waals surface area contributed by atoms with Gasteiger partial charge in [0.2, 0.25) is 5.91 Å². The fraction of sp³-hybridized carbons (Fsp3) is 0.308. The van der Waals surface area contributed by atoms with Crippen LogP contribution >= 0.6 is 0 Å². The van der Waals surface area contributed by atoms with E-state index in [0.717, 1.165) is 5.56 Å². The lowest BCUT2D eigenvalue weighted by Crippen LogP contribution is -2.44. The summed E-state index contributed by atoms with van der Waals surface area (Å²) in [6.07, 6.45) is -0.242. The molecule has 0 saturated carbocycles. The number of ether oxygens (including phenoxy) is 2. The van der Waals surface area contributed by atoms with Gasteiger partial charge in [-0.2, -0.15) is 0 Å². The first-order valence-corrected chi connectivity index (χ1v) is 10.9. The van der Waals surface area contributed by atoms with Gasteiger partial charge in [0.15, 0.2) is 0 Å². The highest BCUT2D eigenvalue weighted by atomic mass is 16.5. The molecule has 3 rings (SSSR count). The van der Waals surface area contributed by atoms with Crippen LogP contribution in [0.1, 0.15) is 34.8 Å². The first-order valence-electron chi connectivity index (χ1n) is 10.9. The highest BCUT2D eigenvalue weighted by Crippen LogP contribution is 2.45. The van der Waals surface area contributed by atoms with Crippen molar-refractivity contribution in [3.63, 3.8) is 0 Å². The normalized spacial score (nSPS) is 17.2. The van der Waals surface area contributed by atoms with Crippen LogP contribution in [0.4, 0.5) is 10.5 Å². The Hall–Kier alpha value is -4.14. The number of fused-ring (bicyclic) bond motifs is 1. The van der Waals surface area contributed by atoms with E-state index in [4.69, 9.17) is 9.47 Å².